The van der Waals surface area contributed by atoms with Gasteiger partial charge in [-0.05, 0) is 0 Å². The molecule has 0 aliphatic carbocycles. The number of oxime groups is 1. The van der Waals surface area contributed by atoms with Crippen molar-refractivity contribution < 1.29 is 36.9 Å². The van der Waals surface area contributed by atoms with Crippen LogP contribution in [0.2, 0.25) is 0 Å². The van der Waals surface area contributed by atoms with Crippen LogP contribution in [0.4, 0.5) is 4.79 Å². The summed E-state index contributed by atoms with van der Waals surface area (Å²) in [7, 11) is -3.57. The summed E-state index contributed by atoms with van der Waals surface area (Å²) in [5, 5.41) is 9.82. The first-order valence-electron chi connectivity index (χ1n) is 7.07. The largest absolute Gasteiger partial charge is 0.447 e. The minimum absolute atomic E-state index is 0.0906. The van der Waals surface area contributed by atoms with Gasteiger partial charge in [-0.15, -0.1) is 0 Å². The van der Waals surface area contributed by atoms with Crippen molar-refractivity contribution >= 4 is 39.6 Å². The zero-order valence-electron chi connectivity index (χ0n) is 13.4. The summed E-state index contributed by atoms with van der Waals surface area (Å²) >= 11 is 0. The van der Waals surface area contributed by atoms with E-state index in [0.717, 1.165) is 0 Å². The summed E-state index contributed by atoms with van der Waals surface area (Å²) < 4.78 is 36.1. The van der Waals surface area contributed by atoms with E-state index in [1.54, 1.807) is 0 Å². The first-order chi connectivity index (χ1) is 12.1. The molecular formula is C11H16N6O8S. The lowest BCUT2D eigenvalue weighted by molar-refractivity contribution is -0.147. The quantitative estimate of drug-likeness (QED) is 0.197. The molecule has 0 saturated carbocycles. The van der Waals surface area contributed by atoms with Gasteiger partial charge in [-0.2, -0.15) is 13.5 Å². The molecule has 3 amide bonds. The Morgan fingerprint density at radius 2 is 2.23 bits per heavy atom. The SMILES string of the molecule is CO/N=C1\CNN=C1CC(=O)N[C@@H]1C(=O)N(S(=O)(=O)O)[C@@H]1COC(N)=O. The fourth-order valence-corrected chi connectivity index (χ4v) is 3.25. The molecule has 0 aromatic rings. The average Bonchev–Trinajstić information content (AvgIpc) is 2.94. The molecule has 2 aliphatic heterocycles. The van der Waals surface area contributed by atoms with Crippen molar-refractivity contribution in [1.82, 2.24) is 15.0 Å². The minimum atomic E-state index is -4.89. The second-order valence-electron chi connectivity index (χ2n) is 5.15. The monoisotopic (exact) mass is 392 g/mol. The van der Waals surface area contributed by atoms with E-state index in [-0.39, 0.29) is 23.0 Å². The Hall–Kier alpha value is -2.94. The first kappa shape index (κ1) is 19.4. The van der Waals surface area contributed by atoms with Gasteiger partial charge in [-0.3, -0.25) is 14.1 Å². The number of hydrogen-bond acceptors (Lipinski definition) is 10. The zero-order valence-corrected chi connectivity index (χ0v) is 14.2. The van der Waals surface area contributed by atoms with E-state index in [2.05, 4.69) is 30.6 Å². The molecule has 2 aliphatic rings. The first-order valence-corrected chi connectivity index (χ1v) is 8.47. The topological polar surface area (TPSA) is 202 Å². The van der Waals surface area contributed by atoms with Gasteiger partial charge in [0.2, 0.25) is 5.91 Å². The van der Waals surface area contributed by atoms with E-state index in [1.165, 1.54) is 7.11 Å². The molecule has 0 aromatic carbocycles. The van der Waals surface area contributed by atoms with E-state index in [0.29, 0.717) is 5.71 Å². The summed E-state index contributed by atoms with van der Waals surface area (Å²) in [6.45, 7) is -0.380. The minimum Gasteiger partial charge on any atom is -0.447 e. The summed E-state index contributed by atoms with van der Waals surface area (Å²) in [6, 6.07) is -2.66. The third-order valence-electron chi connectivity index (χ3n) is 3.45. The summed E-state index contributed by atoms with van der Waals surface area (Å²) in [5.74, 6) is -1.76. The van der Waals surface area contributed by atoms with Crippen LogP contribution in [0.3, 0.4) is 0 Å². The van der Waals surface area contributed by atoms with Gasteiger partial charge in [0.15, 0.2) is 0 Å². The maximum Gasteiger partial charge on any atom is 0.404 e. The van der Waals surface area contributed by atoms with Crippen molar-refractivity contribution in [2.45, 2.75) is 18.5 Å². The molecule has 144 valence electrons. The van der Waals surface area contributed by atoms with Crippen LogP contribution in [-0.2, 0) is 29.5 Å². The van der Waals surface area contributed by atoms with Crippen LogP contribution in [0.25, 0.3) is 0 Å². The number of ether oxygens (including phenoxy) is 1. The van der Waals surface area contributed by atoms with Crippen LogP contribution < -0.4 is 16.5 Å². The fraction of sp³-hybridized carbons (Fsp3) is 0.545. The van der Waals surface area contributed by atoms with Crippen LogP contribution in [-0.4, -0.2) is 79.0 Å². The number of rotatable bonds is 7. The van der Waals surface area contributed by atoms with E-state index in [4.69, 9.17) is 10.3 Å². The number of nitrogens with one attached hydrogen (secondary N) is 2. The Bertz CT molecular complexity index is 778. The molecule has 0 radical (unpaired) electrons. The average molecular weight is 392 g/mol. The van der Waals surface area contributed by atoms with Crippen molar-refractivity contribution in [3.05, 3.63) is 0 Å². The summed E-state index contributed by atoms with van der Waals surface area (Å²) in [5.41, 5.74) is 8.06. The second-order valence-corrected chi connectivity index (χ2v) is 6.43. The number of amides is 3. The molecule has 15 heteroatoms. The molecule has 26 heavy (non-hydrogen) atoms. The van der Waals surface area contributed by atoms with Gasteiger partial charge < -0.3 is 26.1 Å². The fourth-order valence-electron chi connectivity index (χ4n) is 2.38. The van der Waals surface area contributed by atoms with Crippen LogP contribution in [0.15, 0.2) is 10.3 Å². The lowest BCUT2D eigenvalue weighted by Gasteiger charge is -2.43. The standard InChI is InChI=1S/C11H16N6O8S/c1-24-16-6-3-13-15-5(6)2-8(18)14-9-7(4-25-11(12)20)17(10(9)19)26(21,22)23/h7,9,13H,2-4H2,1H3,(H2,12,20)(H,14,18)(H,21,22,23)/b16-6+/t7-,9+/m1/s1. The Balaban J connectivity index is 2.04. The number of hydrazone groups is 1. The molecule has 14 nitrogen and oxygen atoms in total. The molecule has 0 bridgehead atoms. The third kappa shape index (κ3) is 4.17. The van der Waals surface area contributed by atoms with Crippen LogP contribution in [0.5, 0.6) is 0 Å². The highest BCUT2D eigenvalue weighted by Gasteiger charge is 2.54. The van der Waals surface area contributed by atoms with E-state index in [1.807, 2.05) is 0 Å². The lowest BCUT2D eigenvalue weighted by atomic mass is 9.99. The normalized spacial score (nSPS) is 23.8. The number of β-lactam (4-membered cyclic amide) rings is 1. The molecule has 2 heterocycles. The van der Waals surface area contributed by atoms with Crippen LogP contribution in [0.1, 0.15) is 6.42 Å². The molecule has 5 N–H and O–H groups in total. The van der Waals surface area contributed by atoms with E-state index in [9.17, 15) is 22.8 Å². The predicted molar refractivity (Wildman–Crippen MR) is 84.1 cm³/mol. The van der Waals surface area contributed by atoms with Crippen molar-refractivity contribution in [2.24, 2.45) is 16.0 Å². The van der Waals surface area contributed by atoms with E-state index >= 15 is 0 Å². The maximum atomic E-state index is 12.1. The number of nitrogens with zero attached hydrogens (tertiary/aromatic N) is 3. The summed E-state index contributed by atoms with van der Waals surface area (Å²) in [4.78, 5) is 39.3. The Labute approximate surface area is 147 Å². The van der Waals surface area contributed by atoms with Gasteiger partial charge in [0.1, 0.15) is 31.5 Å². The number of hydrogen-bond donors (Lipinski definition) is 4. The van der Waals surface area contributed by atoms with Crippen molar-refractivity contribution in [2.75, 3.05) is 20.3 Å². The van der Waals surface area contributed by atoms with Crippen molar-refractivity contribution in [3.63, 3.8) is 0 Å². The Morgan fingerprint density at radius 3 is 2.81 bits per heavy atom. The van der Waals surface area contributed by atoms with Crippen LogP contribution in [0, 0.1) is 0 Å². The number of carbonyl (C=O) groups excluding carboxylic acids is 3. The molecular weight excluding hydrogens is 376 g/mol. The highest BCUT2D eigenvalue weighted by atomic mass is 32.2. The second kappa shape index (κ2) is 7.52. The van der Waals surface area contributed by atoms with Gasteiger partial charge in [0.05, 0.1) is 18.7 Å². The van der Waals surface area contributed by atoms with Gasteiger partial charge in [-0.1, -0.05) is 5.16 Å². The highest BCUT2D eigenvalue weighted by Crippen LogP contribution is 2.24. The van der Waals surface area contributed by atoms with E-state index < -0.39 is 46.9 Å². The van der Waals surface area contributed by atoms with Crippen molar-refractivity contribution in [1.29, 1.82) is 0 Å². The molecule has 2 rings (SSSR count). The molecule has 0 spiro atoms. The smallest absolute Gasteiger partial charge is 0.404 e. The lowest BCUT2D eigenvalue weighted by Crippen LogP contribution is -2.73. The number of nitrogens with two attached hydrogens (primary N) is 1. The van der Waals surface area contributed by atoms with Gasteiger partial charge in [0.25, 0.3) is 5.91 Å². The summed E-state index contributed by atoms with van der Waals surface area (Å²) in [6.07, 6.45) is -1.48. The third-order valence-corrected chi connectivity index (χ3v) is 4.40. The van der Waals surface area contributed by atoms with Crippen LogP contribution >= 0.6 is 0 Å². The molecule has 1 fully saturated rings. The zero-order chi connectivity index (χ0) is 19.5. The Kier molecular flexibility index (Phi) is 5.61. The molecule has 0 unspecified atom stereocenters. The predicted octanol–water partition coefficient (Wildman–Crippen LogP) is -3.07. The van der Waals surface area contributed by atoms with Gasteiger partial charge in [0, 0.05) is 0 Å². The highest BCUT2D eigenvalue weighted by molar-refractivity contribution is 7.84. The maximum absolute atomic E-state index is 12.1. The van der Waals surface area contributed by atoms with Gasteiger partial charge in [-0.25, -0.2) is 9.10 Å². The molecule has 0 aromatic heterocycles. The Morgan fingerprint density at radius 1 is 1.54 bits per heavy atom. The number of primary amides is 1. The molecule has 1 saturated heterocycles. The number of carbonyl (C=O) groups is 3. The van der Waals surface area contributed by atoms with Crippen molar-refractivity contribution in [3.8, 4) is 0 Å². The van der Waals surface area contributed by atoms with Gasteiger partial charge >= 0.3 is 16.4 Å². The molecule has 2 atom stereocenters.